The van der Waals surface area contributed by atoms with Gasteiger partial charge in [0.2, 0.25) is 21.8 Å². The van der Waals surface area contributed by atoms with Crippen LogP contribution in [-0.4, -0.2) is 55.6 Å². The minimum absolute atomic E-state index is 0.0554. The van der Waals surface area contributed by atoms with Crippen LogP contribution in [0.25, 0.3) is 0 Å². The molecular formula is C15H21N3O4S. The minimum Gasteiger partial charge on any atom is -0.477 e. The lowest BCUT2D eigenvalue weighted by Gasteiger charge is -2.27. The van der Waals surface area contributed by atoms with Crippen LogP contribution in [0.3, 0.4) is 0 Å². The third kappa shape index (κ3) is 2.92. The van der Waals surface area contributed by atoms with Crippen molar-refractivity contribution in [3.8, 4) is 5.88 Å². The van der Waals surface area contributed by atoms with Gasteiger partial charge in [-0.2, -0.15) is 0 Å². The SMILES string of the molecule is CCS(=O)(=O)N1CC[C@@]2(C1)C(=O)NC[C@@H]2COc1ccccn1. The van der Waals surface area contributed by atoms with E-state index in [2.05, 4.69) is 10.3 Å². The van der Waals surface area contributed by atoms with Gasteiger partial charge in [0, 0.05) is 37.8 Å². The maximum atomic E-state index is 12.4. The Labute approximate surface area is 136 Å². The molecule has 1 amide bonds. The number of hydrogen-bond donors (Lipinski definition) is 1. The first-order valence-electron chi connectivity index (χ1n) is 7.78. The van der Waals surface area contributed by atoms with Gasteiger partial charge in [-0.3, -0.25) is 4.79 Å². The summed E-state index contributed by atoms with van der Waals surface area (Å²) in [6.45, 7) is 3.10. The van der Waals surface area contributed by atoms with Gasteiger partial charge in [-0.05, 0) is 19.4 Å². The lowest BCUT2D eigenvalue weighted by atomic mass is 9.77. The van der Waals surface area contributed by atoms with E-state index in [1.807, 2.05) is 6.07 Å². The standard InChI is InChI=1S/C15H21N3O4S/c1-2-23(20,21)18-8-6-15(11-18)12(9-17-14(15)19)10-22-13-5-3-4-7-16-13/h3-5,7,12H,2,6,8-11H2,1H3,(H,17,19)/t12-,15+/m1/s1. The van der Waals surface area contributed by atoms with Gasteiger partial charge in [-0.25, -0.2) is 17.7 Å². The van der Waals surface area contributed by atoms with Gasteiger partial charge in [0.15, 0.2) is 0 Å². The fraction of sp³-hybridized carbons (Fsp3) is 0.600. The number of aromatic nitrogens is 1. The summed E-state index contributed by atoms with van der Waals surface area (Å²) in [6.07, 6.45) is 2.18. The summed E-state index contributed by atoms with van der Waals surface area (Å²) in [5.74, 6) is 0.438. The number of amides is 1. The fourth-order valence-electron chi connectivity index (χ4n) is 3.35. The van der Waals surface area contributed by atoms with Crippen LogP contribution in [0.4, 0.5) is 0 Å². The summed E-state index contributed by atoms with van der Waals surface area (Å²) >= 11 is 0. The maximum absolute atomic E-state index is 12.4. The van der Waals surface area contributed by atoms with Crippen molar-refractivity contribution in [2.75, 3.05) is 32.0 Å². The van der Waals surface area contributed by atoms with E-state index >= 15 is 0 Å². The van der Waals surface area contributed by atoms with E-state index in [0.29, 0.717) is 32.0 Å². The highest BCUT2D eigenvalue weighted by Gasteiger charge is 2.55. The Balaban J connectivity index is 1.73. The molecule has 0 aliphatic carbocycles. The summed E-state index contributed by atoms with van der Waals surface area (Å²) in [5, 5.41) is 2.87. The highest BCUT2D eigenvalue weighted by atomic mass is 32.2. The van der Waals surface area contributed by atoms with Crippen LogP contribution in [0.1, 0.15) is 13.3 Å². The minimum atomic E-state index is -3.28. The first-order chi connectivity index (χ1) is 11.0. The molecule has 0 radical (unpaired) electrons. The van der Waals surface area contributed by atoms with E-state index in [-0.39, 0.29) is 24.1 Å². The Morgan fingerprint density at radius 1 is 1.48 bits per heavy atom. The Hall–Kier alpha value is -1.67. The largest absolute Gasteiger partial charge is 0.477 e. The number of nitrogens with zero attached hydrogens (tertiary/aromatic N) is 2. The fourth-order valence-corrected chi connectivity index (χ4v) is 4.51. The molecule has 2 fully saturated rings. The third-order valence-corrected chi connectivity index (χ3v) is 6.66. The Morgan fingerprint density at radius 2 is 2.30 bits per heavy atom. The van der Waals surface area contributed by atoms with Gasteiger partial charge in [-0.15, -0.1) is 0 Å². The highest BCUT2D eigenvalue weighted by Crippen LogP contribution is 2.42. The average molecular weight is 339 g/mol. The molecule has 0 bridgehead atoms. The van der Waals surface area contributed by atoms with Crippen molar-refractivity contribution in [3.63, 3.8) is 0 Å². The van der Waals surface area contributed by atoms with E-state index in [1.165, 1.54) is 4.31 Å². The Bertz CT molecular complexity index is 679. The molecule has 8 heteroatoms. The predicted molar refractivity (Wildman–Crippen MR) is 84.3 cm³/mol. The molecule has 1 spiro atoms. The van der Waals surface area contributed by atoms with Crippen molar-refractivity contribution in [1.29, 1.82) is 0 Å². The summed E-state index contributed by atoms with van der Waals surface area (Å²) in [7, 11) is -3.28. The zero-order valence-electron chi connectivity index (χ0n) is 13.1. The van der Waals surface area contributed by atoms with Crippen LogP contribution in [0.5, 0.6) is 5.88 Å². The van der Waals surface area contributed by atoms with Crippen LogP contribution in [0, 0.1) is 11.3 Å². The molecule has 7 nitrogen and oxygen atoms in total. The third-order valence-electron chi connectivity index (χ3n) is 4.84. The van der Waals surface area contributed by atoms with E-state index in [4.69, 9.17) is 4.74 Å². The molecule has 1 aromatic heterocycles. The van der Waals surface area contributed by atoms with Crippen molar-refractivity contribution >= 4 is 15.9 Å². The van der Waals surface area contributed by atoms with Crippen molar-refractivity contribution in [2.24, 2.45) is 11.3 Å². The van der Waals surface area contributed by atoms with Crippen LogP contribution in [-0.2, 0) is 14.8 Å². The number of pyridine rings is 1. The highest BCUT2D eigenvalue weighted by molar-refractivity contribution is 7.89. The van der Waals surface area contributed by atoms with E-state index in [0.717, 1.165) is 0 Å². The van der Waals surface area contributed by atoms with Gasteiger partial charge in [0.25, 0.3) is 0 Å². The second kappa shape index (κ2) is 6.09. The smallest absolute Gasteiger partial charge is 0.228 e. The molecule has 1 aromatic rings. The molecule has 0 unspecified atom stereocenters. The van der Waals surface area contributed by atoms with E-state index in [1.54, 1.807) is 25.3 Å². The first-order valence-corrected chi connectivity index (χ1v) is 9.39. The van der Waals surface area contributed by atoms with Crippen molar-refractivity contribution in [3.05, 3.63) is 24.4 Å². The first kappa shape index (κ1) is 16.2. The number of hydrogen-bond acceptors (Lipinski definition) is 5. The van der Waals surface area contributed by atoms with Crippen LogP contribution in [0.2, 0.25) is 0 Å². The molecule has 2 atom stereocenters. The van der Waals surface area contributed by atoms with Crippen molar-refractivity contribution < 1.29 is 17.9 Å². The Kier molecular flexibility index (Phi) is 4.29. The molecule has 0 aromatic carbocycles. The molecular weight excluding hydrogens is 318 g/mol. The molecule has 3 heterocycles. The predicted octanol–water partition coefficient (Wildman–Crippen LogP) is 0.248. The van der Waals surface area contributed by atoms with Crippen molar-refractivity contribution in [2.45, 2.75) is 13.3 Å². The Morgan fingerprint density at radius 3 is 3.00 bits per heavy atom. The number of nitrogens with one attached hydrogen (secondary N) is 1. The average Bonchev–Trinajstić information content (AvgIpc) is 3.14. The van der Waals surface area contributed by atoms with Crippen molar-refractivity contribution in [1.82, 2.24) is 14.6 Å². The lowest BCUT2D eigenvalue weighted by molar-refractivity contribution is -0.128. The summed E-state index contributed by atoms with van der Waals surface area (Å²) in [6, 6.07) is 5.40. The van der Waals surface area contributed by atoms with Crippen LogP contribution in [0.15, 0.2) is 24.4 Å². The molecule has 2 aliphatic rings. The number of carbonyl (C=O) groups is 1. The van der Waals surface area contributed by atoms with Gasteiger partial charge in [0.05, 0.1) is 17.8 Å². The molecule has 126 valence electrons. The van der Waals surface area contributed by atoms with Gasteiger partial charge >= 0.3 is 0 Å². The van der Waals surface area contributed by atoms with Crippen LogP contribution >= 0.6 is 0 Å². The van der Waals surface area contributed by atoms with E-state index < -0.39 is 15.4 Å². The molecule has 1 N–H and O–H groups in total. The van der Waals surface area contributed by atoms with Gasteiger partial charge in [0.1, 0.15) is 0 Å². The molecule has 0 saturated carbocycles. The zero-order valence-corrected chi connectivity index (χ0v) is 13.9. The van der Waals surface area contributed by atoms with Gasteiger partial charge < -0.3 is 10.1 Å². The molecule has 2 aliphatic heterocycles. The van der Waals surface area contributed by atoms with E-state index in [9.17, 15) is 13.2 Å². The quantitative estimate of drug-likeness (QED) is 0.831. The second-order valence-corrected chi connectivity index (χ2v) is 8.28. The second-order valence-electron chi connectivity index (χ2n) is 6.03. The number of rotatable bonds is 5. The van der Waals surface area contributed by atoms with Crippen LogP contribution < -0.4 is 10.1 Å². The number of ether oxygens (including phenoxy) is 1. The molecule has 3 rings (SSSR count). The zero-order chi connectivity index (χ0) is 16.5. The topological polar surface area (TPSA) is 88.6 Å². The number of carbonyl (C=O) groups excluding carboxylic acids is 1. The maximum Gasteiger partial charge on any atom is 0.228 e. The molecule has 23 heavy (non-hydrogen) atoms. The summed E-state index contributed by atoms with van der Waals surface area (Å²) in [4.78, 5) is 16.5. The normalized spacial score (nSPS) is 28.2. The summed E-state index contributed by atoms with van der Waals surface area (Å²) in [5.41, 5.74) is -0.684. The number of sulfonamides is 1. The lowest BCUT2D eigenvalue weighted by Crippen LogP contribution is -2.41. The molecule has 2 saturated heterocycles. The summed E-state index contributed by atoms with van der Waals surface area (Å²) < 4.78 is 31.3. The van der Waals surface area contributed by atoms with Gasteiger partial charge in [-0.1, -0.05) is 6.07 Å². The monoisotopic (exact) mass is 339 g/mol.